The first-order valence-corrected chi connectivity index (χ1v) is 13.1. The Bertz CT molecular complexity index is 998. The van der Waals surface area contributed by atoms with E-state index in [-0.39, 0.29) is 29.3 Å². The predicted octanol–water partition coefficient (Wildman–Crippen LogP) is 3.43. The third-order valence-corrected chi connectivity index (χ3v) is 8.75. The molecule has 0 spiro atoms. The van der Waals surface area contributed by atoms with E-state index in [1.165, 1.54) is 6.42 Å². The minimum absolute atomic E-state index is 0.0345. The molecule has 3 atom stereocenters. The Morgan fingerprint density at radius 1 is 1.00 bits per heavy atom. The zero-order valence-corrected chi connectivity index (χ0v) is 19.5. The zero-order valence-electron chi connectivity index (χ0n) is 18.7. The molecule has 0 bridgehead atoms. The molecule has 0 aromatic heterocycles. The van der Waals surface area contributed by atoms with E-state index in [0.29, 0.717) is 25.4 Å². The lowest BCUT2D eigenvalue weighted by molar-refractivity contribution is -0.126. The number of hydrogen-bond acceptors (Lipinski definition) is 4. The molecule has 2 heterocycles. The molecule has 2 aliphatic heterocycles. The lowest BCUT2D eigenvalue weighted by Gasteiger charge is -2.38. The van der Waals surface area contributed by atoms with E-state index in [4.69, 9.17) is 0 Å². The largest absolute Gasteiger partial charge is 0.354 e. The molecule has 2 aliphatic rings. The van der Waals surface area contributed by atoms with Gasteiger partial charge in [-0.05, 0) is 56.5 Å². The van der Waals surface area contributed by atoms with Crippen molar-refractivity contribution in [2.75, 3.05) is 26.2 Å². The van der Waals surface area contributed by atoms with E-state index in [2.05, 4.69) is 17.1 Å². The van der Waals surface area contributed by atoms with Crippen LogP contribution in [0.1, 0.15) is 44.2 Å². The number of rotatable bonds is 7. The molecule has 4 rings (SSSR count). The van der Waals surface area contributed by atoms with Crippen LogP contribution < -0.4 is 5.32 Å². The SMILES string of the molecule is CCN1CCC[C@@H]1CNC(=O)[C@@H]1CC[C@H](c2ccccc2)N(S(=O)(=O)c2ccccc2)C1. The van der Waals surface area contributed by atoms with Gasteiger partial charge in [0.25, 0.3) is 0 Å². The first-order chi connectivity index (χ1) is 15.5. The average molecular weight is 456 g/mol. The van der Waals surface area contributed by atoms with Crippen LogP contribution in [0.2, 0.25) is 0 Å². The highest BCUT2D eigenvalue weighted by molar-refractivity contribution is 7.89. The van der Waals surface area contributed by atoms with Crippen molar-refractivity contribution in [1.82, 2.24) is 14.5 Å². The summed E-state index contributed by atoms with van der Waals surface area (Å²) in [5, 5.41) is 3.12. The summed E-state index contributed by atoms with van der Waals surface area (Å²) in [5.74, 6) is -0.377. The van der Waals surface area contributed by atoms with Crippen molar-refractivity contribution in [1.29, 1.82) is 0 Å². The van der Waals surface area contributed by atoms with Gasteiger partial charge in [-0.3, -0.25) is 9.69 Å². The highest BCUT2D eigenvalue weighted by Crippen LogP contribution is 2.37. The van der Waals surface area contributed by atoms with Gasteiger partial charge in [0.2, 0.25) is 15.9 Å². The van der Waals surface area contributed by atoms with Gasteiger partial charge in [0, 0.05) is 19.1 Å². The molecule has 1 amide bonds. The Hall–Kier alpha value is -2.22. The summed E-state index contributed by atoms with van der Waals surface area (Å²) in [6.07, 6.45) is 3.57. The number of benzene rings is 2. The van der Waals surface area contributed by atoms with Gasteiger partial charge < -0.3 is 5.32 Å². The van der Waals surface area contributed by atoms with Gasteiger partial charge in [-0.25, -0.2) is 8.42 Å². The smallest absolute Gasteiger partial charge is 0.243 e. The number of carbonyl (C=O) groups excluding carboxylic acids is 1. The van der Waals surface area contributed by atoms with Gasteiger partial charge in [-0.1, -0.05) is 55.5 Å². The van der Waals surface area contributed by atoms with Crippen molar-refractivity contribution in [2.24, 2.45) is 5.92 Å². The lowest BCUT2D eigenvalue weighted by atomic mass is 9.90. The normalized spacial score (nSPS) is 25.0. The fraction of sp³-hybridized carbons (Fsp3) is 0.480. The number of likely N-dealkylation sites (tertiary alicyclic amines) is 1. The quantitative estimate of drug-likeness (QED) is 0.695. The first-order valence-electron chi connectivity index (χ1n) is 11.6. The molecule has 2 fully saturated rings. The average Bonchev–Trinajstić information content (AvgIpc) is 3.31. The van der Waals surface area contributed by atoms with E-state index in [0.717, 1.165) is 25.1 Å². The summed E-state index contributed by atoms with van der Waals surface area (Å²) in [4.78, 5) is 15.7. The summed E-state index contributed by atoms with van der Waals surface area (Å²) in [7, 11) is -3.72. The van der Waals surface area contributed by atoms with Gasteiger partial charge in [0.15, 0.2) is 0 Å². The van der Waals surface area contributed by atoms with Crippen molar-refractivity contribution in [3.8, 4) is 0 Å². The maximum atomic E-state index is 13.6. The molecule has 2 saturated heterocycles. The third-order valence-electron chi connectivity index (χ3n) is 6.86. The van der Waals surface area contributed by atoms with Gasteiger partial charge in [0.05, 0.1) is 16.9 Å². The molecular weight excluding hydrogens is 422 g/mol. The van der Waals surface area contributed by atoms with Crippen molar-refractivity contribution < 1.29 is 13.2 Å². The van der Waals surface area contributed by atoms with Gasteiger partial charge in [0.1, 0.15) is 0 Å². The number of piperidine rings is 1. The molecule has 2 aromatic rings. The lowest BCUT2D eigenvalue weighted by Crippen LogP contribution is -2.48. The van der Waals surface area contributed by atoms with Crippen molar-refractivity contribution >= 4 is 15.9 Å². The zero-order chi connectivity index (χ0) is 22.6. The van der Waals surface area contributed by atoms with E-state index < -0.39 is 10.0 Å². The van der Waals surface area contributed by atoms with Crippen LogP contribution >= 0.6 is 0 Å². The second kappa shape index (κ2) is 10.1. The fourth-order valence-electron chi connectivity index (χ4n) is 5.06. The van der Waals surface area contributed by atoms with Gasteiger partial charge >= 0.3 is 0 Å². The number of nitrogens with one attached hydrogen (secondary N) is 1. The third kappa shape index (κ3) is 4.90. The van der Waals surface area contributed by atoms with E-state index in [1.807, 2.05) is 36.4 Å². The summed E-state index contributed by atoms with van der Waals surface area (Å²) >= 11 is 0. The minimum Gasteiger partial charge on any atom is -0.354 e. The molecule has 2 aromatic carbocycles. The molecule has 172 valence electrons. The van der Waals surface area contributed by atoms with Crippen LogP contribution in [0, 0.1) is 5.92 Å². The van der Waals surface area contributed by atoms with Gasteiger partial charge in [-0.2, -0.15) is 4.31 Å². The number of hydrogen-bond donors (Lipinski definition) is 1. The Balaban J connectivity index is 1.52. The Kier molecular flexibility index (Phi) is 7.28. The molecule has 6 nitrogen and oxygen atoms in total. The topological polar surface area (TPSA) is 69.7 Å². The minimum atomic E-state index is -3.72. The van der Waals surface area contributed by atoms with E-state index >= 15 is 0 Å². The van der Waals surface area contributed by atoms with Crippen LogP contribution in [0.25, 0.3) is 0 Å². The van der Waals surface area contributed by atoms with Crippen LogP contribution in [0.3, 0.4) is 0 Å². The molecule has 1 N–H and O–H groups in total. The Labute approximate surface area is 191 Å². The summed E-state index contributed by atoms with van der Waals surface area (Å²) < 4.78 is 28.7. The Morgan fingerprint density at radius 2 is 1.69 bits per heavy atom. The fourth-order valence-corrected chi connectivity index (χ4v) is 6.77. The monoisotopic (exact) mass is 455 g/mol. The second-order valence-corrected chi connectivity index (χ2v) is 10.6. The molecule has 0 radical (unpaired) electrons. The number of likely N-dealkylation sites (N-methyl/N-ethyl adjacent to an activating group) is 1. The predicted molar refractivity (Wildman–Crippen MR) is 126 cm³/mol. The first kappa shape index (κ1) is 23.0. The standard InChI is InChI=1S/C25H33N3O3S/c1-2-27-17-9-12-22(27)18-26-25(29)21-15-16-24(20-10-5-3-6-11-20)28(19-21)32(30,31)23-13-7-4-8-14-23/h3-8,10-11,13-14,21-22,24H,2,9,12,15-19H2,1H3,(H,26,29)/t21-,22-,24-/m1/s1. The number of amides is 1. The summed E-state index contributed by atoms with van der Waals surface area (Å²) in [6.45, 7) is 5.06. The maximum Gasteiger partial charge on any atom is 0.243 e. The molecule has 0 aliphatic carbocycles. The molecular formula is C25H33N3O3S. The molecule has 7 heteroatoms. The molecule has 0 unspecified atom stereocenters. The van der Waals surface area contributed by atoms with Crippen LogP contribution in [-0.2, 0) is 14.8 Å². The summed E-state index contributed by atoms with van der Waals surface area (Å²) in [6, 6.07) is 18.4. The van der Waals surface area contributed by atoms with Crippen LogP contribution in [0.5, 0.6) is 0 Å². The highest BCUT2D eigenvalue weighted by Gasteiger charge is 2.40. The van der Waals surface area contributed by atoms with Crippen LogP contribution in [0.4, 0.5) is 0 Å². The van der Waals surface area contributed by atoms with Crippen molar-refractivity contribution in [3.63, 3.8) is 0 Å². The van der Waals surface area contributed by atoms with Gasteiger partial charge in [-0.15, -0.1) is 0 Å². The van der Waals surface area contributed by atoms with Crippen molar-refractivity contribution in [3.05, 3.63) is 66.2 Å². The number of sulfonamides is 1. The summed E-state index contributed by atoms with van der Waals surface area (Å²) in [5.41, 5.74) is 0.968. The Morgan fingerprint density at radius 3 is 2.38 bits per heavy atom. The number of carbonyl (C=O) groups is 1. The van der Waals surface area contributed by atoms with E-state index in [9.17, 15) is 13.2 Å². The second-order valence-electron chi connectivity index (χ2n) is 8.76. The number of nitrogens with zero attached hydrogens (tertiary/aromatic N) is 2. The van der Waals surface area contributed by atoms with E-state index in [1.54, 1.807) is 28.6 Å². The van der Waals surface area contributed by atoms with Crippen LogP contribution in [0.15, 0.2) is 65.6 Å². The molecule has 0 saturated carbocycles. The van der Waals surface area contributed by atoms with Crippen molar-refractivity contribution in [2.45, 2.75) is 49.6 Å². The maximum absolute atomic E-state index is 13.6. The van der Waals surface area contributed by atoms with Crippen LogP contribution in [-0.4, -0.2) is 55.8 Å². The molecule has 32 heavy (non-hydrogen) atoms. The highest BCUT2D eigenvalue weighted by atomic mass is 32.2.